The van der Waals surface area contributed by atoms with E-state index in [1.165, 1.54) is 12.1 Å². The fourth-order valence-corrected chi connectivity index (χ4v) is 5.22. The number of nitrogens with one attached hydrogen (secondary N) is 1. The summed E-state index contributed by atoms with van der Waals surface area (Å²) in [5.41, 5.74) is -3.84. The molecule has 0 saturated heterocycles. The molecule has 16 heteroatoms. The Hall–Kier alpha value is -4.44. The van der Waals surface area contributed by atoms with Crippen molar-refractivity contribution in [3.05, 3.63) is 98.9 Å². The molecule has 38 heavy (non-hydrogen) atoms. The van der Waals surface area contributed by atoms with Crippen LogP contribution in [0.15, 0.2) is 91.8 Å². The monoisotopic (exact) mass is 570 g/mol. The molecule has 1 N–H and O–H groups in total. The van der Waals surface area contributed by atoms with Gasteiger partial charge in [-0.15, -0.1) is 0 Å². The molecular weight excluding hydrogens is 557 g/mol. The zero-order valence-electron chi connectivity index (χ0n) is 18.5. The molecule has 0 aliphatic heterocycles. The molecule has 3 aromatic carbocycles. The minimum Gasteiger partial charge on any atom is -0.417 e. The van der Waals surface area contributed by atoms with Gasteiger partial charge in [0.25, 0.3) is 15.7 Å². The van der Waals surface area contributed by atoms with Gasteiger partial charge >= 0.3 is 21.9 Å². The lowest BCUT2D eigenvalue weighted by Gasteiger charge is -2.12. The second-order valence-corrected chi connectivity index (χ2v) is 10.8. The van der Waals surface area contributed by atoms with E-state index >= 15 is 0 Å². The predicted molar refractivity (Wildman–Crippen MR) is 126 cm³/mol. The lowest BCUT2D eigenvalue weighted by molar-refractivity contribution is -0.384. The normalized spacial score (nSPS) is 12.3. The number of rotatable bonds is 7. The Morgan fingerprint density at radius 1 is 0.895 bits per heavy atom. The summed E-state index contributed by atoms with van der Waals surface area (Å²) in [7, 11) is -9.20. The van der Waals surface area contributed by atoms with E-state index in [-0.39, 0.29) is 11.1 Å². The van der Waals surface area contributed by atoms with Crippen LogP contribution in [0.1, 0.15) is 5.56 Å². The van der Waals surface area contributed by atoms with Crippen molar-refractivity contribution in [1.82, 2.24) is 0 Å². The van der Waals surface area contributed by atoms with Crippen LogP contribution in [0.5, 0.6) is 5.75 Å². The summed E-state index contributed by atoms with van der Waals surface area (Å²) >= 11 is 0. The Labute approximate surface area is 211 Å². The molecule has 0 bridgehead atoms. The van der Waals surface area contributed by atoms with Crippen molar-refractivity contribution < 1.29 is 43.5 Å². The summed E-state index contributed by atoms with van der Waals surface area (Å²) in [6, 6.07) is 11.3. The van der Waals surface area contributed by atoms with E-state index in [9.17, 15) is 44.9 Å². The fourth-order valence-electron chi connectivity index (χ4n) is 3.20. The molecule has 0 unspecified atom stereocenters. The third-order valence-corrected chi connectivity index (χ3v) is 7.59. The zero-order valence-corrected chi connectivity index (χ0v) is 20.1. The first-order valence-corrected chi connectivity index (χ1v) is 13.0. The highest BCUT2D eigenvalue weighted by Crippen LogP contribution is 2.33. The molecule has 11 nitrogen and oxygen atoms in total. The molecule has 4 aromatic rings. The van der Waals surface area contributed by atoms with E-state index in [1.54, 1.807) is 0 Å². The maximum absolute atomic E-state index is 13.0. The number of sulfonamides is 1. The molecule has 4 rings (SSSR count). The quantitative estimate of drug-likeness (QED) is 0.148. The number of anilines is 1. The summed E-state index contributed by atoms with van der Waals surface area (Å²) in [5, 5.41) is 10.8. The van der Waals surface area contributed by atoms with Gasteiger partial charge in [0, 0.05) is 17.5 Å². The second-order valence-electron chi connectivity index (χ2n) is 7.54. The first-order valence-electron chi connectivity index (χ1n) is 10.1. The van der Waals surface area contributed by atoms with E-state index < -0.39 is 69.2 Å². The van der Waals surface area contributed by atoms with Crippen molar-refractivity contribution in [3.8, 4) is 5.75 Å². The predicted octanol–water partition coefficient (Wildman–Crippen LogP) is 4.29. The summed E-state index contributed by atoms with van der Waals surface area (Å²) in [5.74, 6) is -0.540. The molecule has 0 spiro atoms. The molecular formula is C22H13F3N2O9S2. The molecule has 1 heterocycles. The van der Waals surface area contributed by atoms with Crippen molar-refractivity contribution in [2.45, 2.75) is 16.0 Å². The van der Waals surface area contributed by atoms with Gasteiger partial charge in [0.05, 0.1) is 15.4 Å². The minimum absolute atomic E-state index is 0.00254. The third-order valence-electron chi connectivity index (χ3n) is 4.98. The zero-order chi connectivity index (χ0) is 27.9. The largest absolute Gasteiger partial charge is 0.417 e. The summed E-state index contributed by atoms with van der Waals surface area (Å²) < 4.78 is 102. The van der Waals surface area contributed by atoms with Crippen LogP contribution in [0.3, 0.4) is 0 Å². The molecule has 0 radical (unpaired) electrons. The van der Waals surface area contributed by atoms with Gasteiger partial charge < -0.3 is 8.60 Å². The summed E-state index contributed by atoms with van der Waals surface area (Å²) in [4.78, 5) is 21.4. The standard InChI is InChI=1S/C22H13F3N2O9S2/c23-22(24,25)14-4-2-5-17(12-14)38(33,34)36-19-6-1-3-13-11-18(21(28)35-20(13)19)26-37(31,32)16-9-7-15(8-10-16)27(29)30/h1-12,26H. The molecule has 0 aliphatic carbocycles. The number of hydrogen-bond acceptors (Lipinski definition) is 9. The molecule has 0 amide bonds. The fraction of sp³-hybridized carbons (Fsp3) is 0.0455. The van der Waals surface area contributed by atoms with E-state index in [2.05, 4.69) is 0 Å². The van der Waals surface area contributed by atoms with Gasteiger partial charge in [-0.1, -0.05) is 18.2 Å². The number of benzene rings is 3. The Bertz CT molecular complexity index is 1830. The highest BCUT2D eigenvalue weighted by molar-refractivity contribution is 7.92. The van der Waals surface area contributed by atoms with Crippen molar-refractivity contribution in [1.29, 1.82) is 0 Å². The number of non-ortho nitro benzene ring substituents is 1. The molecule has 0 saturated carbocycles. The molecule has 1 aromatic heterocycles. The first kappa shape index (κ1) is 26.6. The van der Waals surface area contributed by atoms with Crippen LogP contribution in [0, 0.1) is 10.1 Å². The van der Waals surface area contributed by atoms with Gasteiger partial charge in [-0.25, -0.2) is 13.2 Å². The molecule has 0 fully saturated rings. The van der Waals surface area contributed by atoms with E-state index in [0.29, 0.717) is 12.1 Å². The lowest BCUT2D eigenvalue weighted by Crippen LogP contribution is -2.18. The van der Waals surface area contributed by atoms with Crippen LogP contribution in [0.4, 0.5) is 24.5 Å². The number of nitro groups is 1. The van der Waals surface area contributed by atoms with E-state index in [4.69, 9.17) is 8.60 Å². The number of nitro benzene ring substituents is 1. The number of hydrogen-bond donors (Lipinski definition) is 1. The number of nitrogens with zero attached hydrogens (tertiary/aromatic N) is 1. The van der Waals surface area contributed by atoms with Crippen molar-refractivity contribution in [2.24, 2.45) is 0 Å². The van der Waals surface area contributed by atoms with Crippen molar-refractivity contribution in [3.63, 3.8) is 0 Å². The molecule has 0 aliphatic rings. The number of halogens is 3. The summed E-state index contributed by atoms with van der Waals surface area (Å²) in [6.07, 6.45) is -4.81. The molecule has 0 atom stereocenters. The maximum Gasteiger partial charge on any atom is 0.416 e. The van der Waals surface area contributed by atoms with E-state index in [1.807, 2.05) is 4.72 Å². The van der Waals surface area contributed by atoms with Crippen LogP contribution >= 0.6 is 0 Å². The smallest absolute Gasteiger partial charge is 0.416 e. The number of fused-ring (bicyclic) bond motifs is 1. The van der Waals surface area contributed by atoms with Gasteiger partial charge in [0.1, 0.15) is 10.6 Å². The van der Waals surface area contributed by atoms with Crippen LogP contribution in [0.25, 0.3) is 11.0 Å². The highest BCUT2D eigenvalue weighted by atomic mass is 32.2. The average molecular weight is 570 g/mol. The van der Waals surface area contributed by atoms with Crippen molar-refractivity contribution >= 4 is 42.5 Å². The Morgan fingerprint density at radius 2 is 1.55 bits per heavy atom. The average Bonchev–Trinajstić information content (AvgIpc) is 2.84. The van der Waals surface area contributed by atoms with Crippen LogP contribution in [-0.2, 0) is 26.3 Å². The Balaban J connectivity index is 1.67. The number of para-hydroxylation sites is 1. The van der Waals surface area contributed by atoms with Crippen LogP contribution < -0.4 is 14.5 Å². The summed E-state index contributed by atoms with van der Waals surface area (Å²) in [6.45, 7) is 0. The number of alkyl halides is 3. The Kier molecular flexibility index (Phi) is 6.62. The highest BCUT2D eigenvalue weighted by Gasteiger charge is 2.32. The maximum atomic E-state index is 13.0. The molecule has 198 valence electrons. The first-order chi connectivity index (χ1) is 17.7. The second kappa shape index (κ2) is 9.46. The van der Waals surface area contributed by atoms with Crippen molar-refractivity contribution in [2.75, 3.05) is 4.72 Å². The van der Waals surface area contributed by atoms with Crippen LogP contribution in [-0.4, -0.2) is 21.8 Å². The SMILES string of the molecule is O=c1oc2c(OS(=O)(=O)c3cccc(C(F)(F)F)c3)cccc2cc1NS(=O)(=O)c1ccc([N+](=O)[O-])cc1. The topological polar surface area (TPSA) is 163 Å². The third kappa shape index (κ3) is 5.45. The van der Waals surface area contributed by atoms with E-state index in [0.717, 1.165) is 48.5 Å². The van der Waals surface area contributed by atoms with Gasteiger partial charge in [-0.2, -0.15) is 21.6 Å². The van der Waals surface area contributed by atoms with Gasteiger partial charge in [-0.05, 0) is 42.5 Å². The Morgan fingerprint density at radius 3 is 2.18 bits per heavy atom. The van der Waals surface area contributed by atoms with Crippen LogP contribution in [0.2, 0.25) is 0 Å². The lowest BCUT2D eigenvalue weighted by atomic mass is 10.2. The van der Waals surface area contributed by atoms with Gasteiger partial charge in [-0.3, -0.25) is 14.8 Å². The minimum atomic E-state index is -4.81. The van der Waals surface area contributed by atoms with Gasteiger partial charge in [0.2, 0.25) is 0 Å². The van der Waals surface area contributed by atoms with Gasteiger partial charge in [0.15, 0.2) is 11.3 Å².